The standard InChI is InChI=1S/C17H21NO4/c1-9(2)18-14(17(20)21)11(5)16(19)12-7-6-8-13(15(12)18)22-10(3)4/h6-10H,1-5H3,(H,20,21). The van der Waals surface area contributed by atoms with Crippen molar-refractivity contribution >= 4 is 16.9 Å². The minimum Gasteiger partial charge on any atom is -0.489 e. The molecular formula is C17H21NO4. The van der Waals surface area contributed by atoms with Crippen molar-refractivity contribution in [2.45, 2.75) is 46.8 Å². The SMILES string of the molecule is Cc1c(C(=O)O)n(C(C)C)c2c(OC(C)C)cccc2c1=O. The van der Waals surface area contributed by atoms with Crippen molar-refractivity contribution in [3.05, 3.63) is 39.7 Å². The molecule has 0 unspecified atom stereocenters. The Kier molecular flexibility index (Phi) is 4.26. The molecule has 5 nitrogen and oxygen atoms in total. The van der Waals surface area contributed by atoms with Gasteiger partial charge in [0, 0.05) is 17.0 Å². The number of hydrogen-bond acceptors (Lipinski definition) is 3. The topological polar surface area (TPSA) is 68.5 Å². The fraction of sp³-hybridized carbons (Fsp3) is 0.412. The Morgan fingerprint density at radius 2 is 1.86 bits per heavy atom. The largest absolute Gasteiger partial charge is 0.489 e. The molecule has 0 aliphatic heterocycles. The van der Waals surface area contributed by atoms with Gasteiger partial charge in [0.05, 0.1) is 11.6 Å². The van der Waals surface area contributed by atoms with Gasteiger partial charge >= 0.3 is 5.97 Å². The molecule has 0 aliphatic rings. The quantitative estimate of drug-likeness (QED) is 0.940. The Labute approximate surface area is 129 Å². The van der Waals surface area contributed by atoms with Gasteiger partial charge in [0.2, 0.25) is 0 Å². The van der Waals surface area contributed by atoms with Gasteiger partial charge < -0.3 is 14.4 Å². The first-order valence-corrected chi connectivity index (χ1v) is 7.33. The summed E-state index contributed by atoms with van der Waals surface area (Å²) in [7, 11) is 0. The summed E-state index contributed by atoms with van der Waals surface area (Å²) in [6, 6.07) is 5.11. The predicted molar refractivity (Wildman–Crippen MR) is 86.1 cm³/mol. The Hall–Kier alpha value is -2.30. The van der Waals surface area contributed by atoms with Crippen LogP contribution in [-0.4, -0.2) is 21.7 Å². The van der Waals surface area contributed by atoms with Crippen molar-refractivity contribution in [3.8, 4) is 5.75 Å². The summed E-state index contributed by atoms with van der Waals surface area (Å²) in [4.78, 5) is 24.2. The number of benzene rings is 1. The van der Waals surface area contributed by atoms with Gasteiger partial charge in [-0.25, -0.2) is 4.79 Å². The molecule has 0 saturated heterocycles. The van der Waals surface area contributed by atoms with Crippen molar-refractivity contribution in [3.63, 3.8) is 0 Å². The number of hydrogen-bond donors (Lipinski definition) is 1. The molecule has 22 heavy (non-hydrogen) atoms. The van der Waals surface area contributed by atoms with E-state index in [0.717, 1.165) is 0 Å². The molecule has 0 fully saturated rings. The van der Waals surface area contributed by atoms with Crippen LogP contribution in [-0.2, 0) is 0 Å². The van der Waals surface area contributed by atoms with E-state index < -0.39 is 5.97 Å². The highest BCUT2D eigenvalue weighted by atomic mass is 16.5. The zero-order valence-corrected chi connectivity index (χ0v) is 13.5. The molecule has 0 amide bonds. The van der Waals surface area contributed by atoms with Crippen LogP contribution in [0.3, 0.4) is 0 Å². The third-order valence-electron chi connectivity index (χ3n) is 3.50. The number of nitrogens with zero attached hydrogens (tertiary/aromatic N) is 1. The van der Waals surface area contributed by atoms with Crippen LogP contribution in [0.25, 0.3) is 10.9 Å². The number of carbonyl (C=O) groups is 1. The first-order chi connectivity index (χ1) is 10.3. The molecule has 0 spiro atoms. The number of pyridine rings is 1. The van der Waals surface area contributed by atoms with Crippen LogP contribution >= 0.6 is 0 Å². The summed E-state index contributed by atoms with van der Waals surface area (Å²) < 4.78 is 7.47. The lowest BCUT2D eigenvalue weighted by Crippen LogP contribution is -2.24. The summed E-state index contributed by atoms with van der Waals surface area (Å²) in [6.45, 7) is 9.12. The van der Waals surface area contributed by atoms with Crippen LogP contribution in [0.5, 0.6) is 5.75 Å². The van der Waals surface area contributed by atoms with Gasteiger partial charge in [-0.3, -0.25) is 4.79 Å². The Balaban J connectivity index is 3.04. The predicted octanol–water partition coefficient (Wildman–Crippen LogP) is 3.38. The average Bonchev–Trinajstić information content (AvgIpc) is 2.41. The Morgan fingerprint density at radius 3 is 2.36 bits per heavy atom. The number of carboxylic acid groups (broad SMARTS) is 1. The lowest BCUT2D eigenvalue weighted by atomic mass is 10.1. The van der Waals surface area contributed by atoms with E-state index in [2.05, 4.69) is 0 Å². The van der Waals surface area contributed by atoms with E-state index in [1.165, 1.54) is 0 Å². The van der Waals surface area contributed by atoms with Gasteiger partial charge in [0.1, 0.15) is 11.4 Å². The first-order valence-electron chi connectivity index (χ1n) is 7.33. The molecule has 0 radical (unpaired) electrons. The fourth-order valence-corrected chi connectivity index (χ4v) is 2.68. The van der Waals surface area contributed by atoms with Crippen LogP contribution in [0.15, 0.2) is 23.0 Å². The van der Waals surface area contributed by atoms with E-state index in [9.17, 15) is 14.7 Å². The highest BCUT2D eigenvalue weighted by molar-refractivity contribution is 5.94. The second kappa shape index (κ2) is 5.83. The second-order valence-corrected chi connectivity index (χ2v) is 5.89. The maximum atomic E-state index is 12.5. The smallest absolute Gasteiger partial charge is 0.352 e. The summed E-state index contributed by atoms with van der Waals surface area (Å²) in [5.41, 5.74) is 0.542. The van der Waals surface area contributed by atoms with E-state index in [4.69, 9.17) is 4.74 Å². The summed E-state index contributed by atoms with van der Waals surface area (Å²) >= 11 is 0. The van der Waals surface area contributed by atoms with Gasteiger partial charge in [0.25, 0.3) is 0 Å². The molecule has 2 rings (SSSR count). The number of aromatic carboxylic acids is 1. The second-order valence-electron chi connectivity index (χ2n) is 5.89. The van der Waals surface area contributed by atoms with Crippen LogP contribution < -0.4 is 10.2 Å². The van der Waals surface area contributed by atoms with Crippen LogP contribution in [0.4, 0.5) is 0 Å². The lowest BCUT2D eigenvalue weighted by molar-refractivity contribution is 0.0682. The zero-order chi connectivity index (χ0) is 16.6. The van der Waals surface area contributed by atoms with E-state index in [1.807, 2.05) is 27.7 Å². The van der Waals surface area contributed by atoms with Crippen LogP contribution in [0.2, 0.25) is 0 Å². The van der Waals surface area contributed by atoms with E-state index in [0.29, 0.717) is 16.7 Å². The molecule has 1 heterocycles. The summed E-state index contributed by atoms with van der Waals surface area (Å²) in [5, 5.41) is 10.0. The van der Waals surface area contributed by atoms with Crippen LogP contribution in [0.1, 0.15) is 49.8 Å². The first kappa shape index (κ1) is 16.1. The molecular weight excluding hydrogens is 282 g/mol. The highest BCUT2D eigenvalue weighted by Gasteiger charge is 2.23. The third-order valence-corrected chi connectivity index (χ3v) is 3.50. The molecule has 0 atom stereocenters. The van der Waals surface area contributed by atoms with E-state index in [1.54, 1.807) is 29.7 Å². The maximum Gasteiger partial charge on any atom is 0.352 e. The monoisotopic (exact) mass is 303 g/mol. The van der Waals surface area contributed by atoms with Gasteiger partial charge in [-0.1, -0.05) is 6.07 Å². The lowest BCUT2D eigenvalue weighted by Gasteiger charge is -2.22. The molecule has 0 bridgehead atoms. The highest BCUT2D eigenvalue weighted by Crippen LogP contribution is 2.29. The number of fused-ring (bicyclic) bond motifs is 1. The molecule has 2 aromatic rings. The Bertz CT molecular complexity index is 787. The molecule has 118 valence electrons. The van der Waals surface area contributed by atoms with Crippen LogP contribution in [0, 0.1) is 6.92 Å². The third kappa shape index (κ3) is 2.58. The maximum absolute atomic E-state index is 12.5. The number of ether oxygens (including phenoxy) is 1. The van der Waals surface area contributed by atoms with Crippen molar-refractivity contribution in [2.24, 2.45) is 0 Å². The van der Waals surface area contributed by atoms with Gasteiger partial charge in [-0.15, -0.1) is 0 Å². The average molecular weight is 303 g/mol. The van der Waals surface area contributed by atoms with Crippen molar-refractivity contribution in [1.82, 2.24) is 4.57 Å². The van der Waals surface area contributed by atoms with Gasteiger partial charge in [0.15, 0.2) is 5.43 Å². The molecule has 1 aromatic heterocycles. The summed E-state index contributed by atoms with van der Waals surface area (Å²) in [6.07, 6.45) is -0.0732. The van der Waals surface area contributed by atoms with Crippen molar-refractivity contribution in [2.75, 3.05) is 0 Å². The molecule has 0 aliphatic carbocycles. The summed E-state index contributed by atoms with van der Waals surface area (Å²) in [5.74, 6) is -0.578. The van der Waals surface area contributed by atoms with E-state index in [-0.39, 0.29) is 28.8 Å². The van der Waals surface area contributed by atoms with Crippen molar-refractivity contribution < 1.29 is 14.6 Å². The van der Waals surface area contributed by atoms with Crippen molar-refractivity contribution in [1.29, 1.82) is 0 Å². The Morgan fingerprint density at radius 1 is 1.23 bits per heavy atom. The minimum atomic E-state index is -1.11. The van der Waals surface area contributed by atoms with Gasteiger partial charge in [-0.2, -0.15) is 0 Å². The normalized spacial score (nSPS) is 11.4. The number of aromatic nitrogens is 1. The zero-order valence-electron chi connectivity index (χ0n) is 13.5. The number of rotatable bonds is 4. The molecule has 1 N–H and O–H groups in total. The number of para-hydroxylation sites is 1. The fourth-order valence-electron chi connectivity index (χ4n) is 2.68. The molecule has 1 aromatic carbocycles. The van der Waals surface area contributed by atoms with E-state index >= 15 is 0 Å². The number of carboxylic acids is 1. The molecule has 5 heteroatoms. The van der Waals surface area contributed by atoms with Gasteiger partial charge in [-0.05, 0) is 46.8 Å². The molecule has 0 saturated carbocycles. The minimum absolute atomic E-state index is 0.0207.